The van der Waals surface area contributed by atoms with Gasteiger partial charge in [0.25, 0.3) is 0 Å². The van der Waals surface area contributed by atoms with Gasteiger partial charge in [0, 0.05) is 5.56 Å². The summed E-state index contributed by atoms with van der Waals surface area (Å²) in [6, 6.07) is 7.44. The molecule has 0 bridgehead atoms. The maximum Gasteiger partial charge on any atom is 0.435 e. The van der Waals surface area contributed by atoms with E-state index in [2.05, 4.69) is 15.2 Å². The highest BCUT2D eigenvalue weighted by Gasteiger charge is 2.39. The molecule has 1 aromatic heterocycles. The van der Waals surface area contributed by atoms with Gasteiger partial charge in [-0.2, -0.15) is 13.2 Å². The number of aromatic nitrogens is 3. The number of carbonyl (C=O) groups is 1. The topological polar surface area (TPSA) is 81.8 Å². The SMILES string of the molecule is Nc1nnc(C(=O)c2ccccc2)c(C(F)(F)F)n1. The molecular weight excluding hydrogens is 261 g/mol. The zero-order chi connectivity index (χ0) is 14.0. The molecule has 0 aliphatic heterocycles. The van der Waals surface area contributed by atoms with Gasteiger partial charge in [0.1, 0.15) is 0 Å². The number of nitrogens with zero attached hydrogens (tertiary/aromatic N) is 3. The van der Waals surface area contributed by atoms with Gasteiger partial charge in [0.2, 0.25) is 11.7 Å². The van der Waals surface area contributed by atoms with Crippen molar-refractivity contribution < 1.29 is 18.0 Å². The number of ketones is 1. The molecule has 0 saturated heterocycles. The fourth-order valence-electron chi connectivity index (χ4n) is 1.42. The second-order valence-electron chi connectivity index (χ2n) is 3.56. The normalized spacial score (nSPS) is 11.3. The molecule has 1 aromatic carbocycles. The Bertz CT molecular complexity index is 613. The van der Waals surface area contributed by atoms with Gasteiger partial charge in [-0.05, 0) is 0 Å². The molecule has 2 rings (SSSR count). The first kappa shape index (κ1) is 12.9. The summed E-state index contributed by atoms with van der Waals surface area (Å²) in [6.07, 6.45) is -4.83. The average Bonchev–Trinajstić information content (AvgIpc) is 2.38. The van der Waals surface area contributed by atoms with Crippen LogP contribution in [0.3, 0.4) is 0 Å². The molecule has 8 heteroatoms. The second-order valence-corrected chi connectivity index (χ2v) is 3.56. The summed E-state index contributed by atoms with van der Waals surface area (Å²) < 4.78 is 38.3. The Balaban J connectivity index is 2.54. The Morgan fingerprint density at radius 2 is 1.74 bits per heavy atom. The number of hydrogen-bond acceptors (Lipinski definition) is 5. The summed E-state index contributed by atoms with van der Waals surface area (Å²) in [4.78, 5) is 15.0. The molecule has 2 N–H and O–H groups in total. The molecule has 2 aromatic rings. The highest BCUT2D eigenvalue weighted by atomic mass is 19.4. The molecule has 98 valence electrons. The number of nitrogens with two attached hydrogens (primary N) is 1. The predicted molar refractivity (Wildman–Crippen MR) is 59.1 cm³/mol. The van der Waals surface area contributed by atoms with Crippen LogP contribution < -0.4 is 5.73 Å². The Labute approximate surface area is 105 Å². The van der Waals surface area contributed by atoms with Crippen molar-refractivity contribution in [2.75, 3.05) is 5.73 Å². The van der Waals surface area contributed by atoms with Crippen LogP contribution in [0, 0.1) is 0 Å². The molecule has 0 spiro atoms. The van der Waals surface area contributed by atoms with Crippen molar-refractivity contribution in [2.45, 2.75) is 6.18 Å². The van der Waals surface area contributed by atoms with E-state index in [9.17, 15) is 18.0 Å². The van der Waals surface area contributed by atoms with Crippen LogP contribution in [0.25, 0.3) is 0 Å². The van der Waals surface area contributed by atoms with Gasteiger partial charge >= 0.3 is 6.18 Å². The third-order valence-electron chi connectivity index (χ3n) is 2.22. The maximum absolute atomic E-state index is 12.8. The van der Waals surface area contributed by atoms with Crippen molar-refractivity contribution in [1.29, 1.82) is 0 Å². The Hall–Kier alpha value is -2.51. The van der Waals surface area contributed by atoms with Gasteiger partial charge in [-0.1, -0.05) is 30.3 Å². The minimum atomic E-state index is -4.83. The molecule has 0 aliphatic rings. The van der Waals surface area contributed by atoms with Gasteiger partial charge in [-0.3, -0.25) is 4.79 Å². The van der Waals surface area contributed by atoms with E-state index >= 15 is 0 Å². The van der Waals surface area contributed by atoms with Gasteiger partial charge < -0.3 is 5.73 Å². The Morgan fingerprint density at radius 1 is 1.11 bits per heavy atom. The molecule has 0 amide bonds. The van der Waals surface area contributed by atoms with E-state index in [0.29, 0.717) is 0 Å². The fraction of sp³-hybridized carbons (Fsp3) is 0.0909. The van der Waals surface area contributed by atoms with Gasteiger partial charge in [-0.25, -0.2) is 4.98 Å². The second kappa shape index (κ2) is 4.63. The summed E-state index contributed by atoms with van der Waals surface area (Å²) in [7, 11) is 0. The van der Waals surface area contributed by atoms with Crippen molar-refractivity contribution in [3.63, 3.8) is 0 Å². The third-order valence-corrected chi connectivity index (χ3v) is 2.22. The first-order valence-electron chi connectivity index (χ1n) is 5.06. The zero-order valence-electron chi connectivity index (χ0n) is 9.35. The molecule has 5 nitrogen and oxygen atoms in total. The Kier molecular flexibility index (Phi) is 3.16. The summed E-state index contributed by atoms with van der Waals surface area (Å²) in [5.74, 6) is -1.55. The number of nitrogen functional groups attached to an aromatic ring is 1. The molecule has 0 unspecified atom stereocenters. The summed E-state index contributed by atoms with van der Waals surface area (Å²) in [6.45, 7) is 0. The monoisotopic (exact) mass is 268 g/mol. The molecular formula is C11H7F3N4O. The van der Waals surface area contributed by atoms with E-state index in [0.717, 1.165) is 0 Å². The lowest BCUT2D eigenvalue weighted by molar-refractivity contribution is -0.141. The van der Waals surface area contributed by atoms with Crippen molar-refractivity contribution in [2.24, 2.45) is 0 Å². The third kappa shape index (κ3) is 2.67. The van der Waals surface area contributed by atoms with Crippen LogP contribution in [0.5, 0.6) is 0 Å². The van der Waals surface area contributed by atoms with Gasteiger partial charge in [0.15, 0.2) is 11.4 Å². The van der Waals surface area contributed by atoms with Crippen LogP contribution in [0.2, 0.25) is 0 Å². The fourth-order valence-corrected chi connectivity index (χ4v) is 1.42. The standard InChI is InChI=1S/C11H7F3N4O/c12-11(13,14)9-7(17-18-10(15)16-9)8(19)6-4-2-1-3-5-6/h1-5H,(H2,15,16,18). The molecule has 19 heavy (non-hydrogen) atoms. The molecule has 0 atom stereocenters. The average molecular weight is 268 g/mol. The quantitative estimate of drug-likeness (QED) is 0.838. The van der Waals surface area contributed by atoms with Crippen LogP contribution in [0.4, 0.5) is 19.1 Å². The Morgan fingerprint density at radius 3 is 2.32 bits per heavy atom. The summed E-state index contributed by atoms with van der Waals surface area (Å²) in [5, 5.41) is 6.41. The molecule has 0 saturated carbocycles. The van der Waals surface area contributed by atoms with E-state index in [1.165, 1.54) is 24.3 Å². The van der Waals surface area contributed by atoms with Crippen LogP contribution in [0.1, 0.15) is 21.7 Å². The zero-order valence-corrected chi connectivity index (χ0v) is 9.35. The minimum Gasteiger partial charge on any atom is -0.366 e. The number of benzene rings is 1. The van der Waals surface area contributed by atoms with Crippen molar-refractivity contribution in [1.82, 2.24) is 15.2 Å². The number of halogens is 3. The highest BCUT2D eigenvalue weighted by molar-refractivity contribution is 6.08. The van der Waals surface area contributed by atoms with Gasteiger partial charge in [-0.15, -0.1) is 10.2 Å². The largest absolute Gasteiger partial charge is 0.435 e. The van der Waals surface area contributed by atoms with Crippen LogP contribution in [0.15, 0.2) is 30.3 Å². The molecule has 0 aliphatic carbocycles. The maximum atomic E-state index is 12.8. The number of hydrogen-bond donors (Lipinski definition) is 1. The van der Waals surface area contributed by atoms with E-state index in [4.69, 9.17) is 5.73 Å². The highest BCUT2D eigenvalue weighted by Crippen LogP contribution is 2.30. The van der Waals surface area contributed by atoms with Crippen LogP contribution in [-0.4, -0.2) is 21.0 Å². The van der Waals surface area contributed by atoms with E-state index < -0.39 is 29.3 Å². The molecule has 0 fully saturated rings. The summed E-state index contributed by atoms with van der Waals surface area (Å²) in [5.41, 5.74) is 2.83. The van der Waals surface area contributed by atoms with Crippen LogP contribution >= 0.6 is 0 Å². The first-order valence-corrected chi connectivity index (χ1v) is 5.06. The first-order chi connectivity index (χ1) is 8.89. The predicted octanol–water partition coefficient (Wildman–Crippen LogP) is 1.70. The lowest BCUT2D eigenvalue weighted by Crippen LogP contribution is -2.20. The number of anilines is 1. The van der Waals surface area contributed by atoms with Crippen molar-refractivity contribution >= 4 is 11.7 Å². The minimum absolute atomic E-state index is 0.0638. The van der Waals surface area contributed by atoms with Crippen molar-refractivity contribution in [3.05, 3.63) is 47.3 Å². The van der Waals surface area contributed by atoms with Gasteiger partial charge in [0.05, 0.1) is 0 Å². The molecule has 0 radical (unpaired) electrons. The summed E-state index contributed by atoms with van der Waals surface area (Å²) >= 11 is 0. The number of carbonyl (C=O) groups excluding carboxylic acids is 1. The van der Waals surface area contributed by atoms with Crippen LogP contribution in [-0.2, 0) is 6.18 Å². The lowest BCUT2D eigenvalue weighted by Gasteiger charge is -2.09. The van der Waals surface area contributed by atoms with E-state index in [1.54, 1.807) is 6.07 Å². The van der Waals surface area contributed by atoms with E-state index in [1.807, 2.05) is 0 Å². The number of alkyl halides is 3. The van der Waals surface area contributed by atoms with Crippen molar-refractivity contribution in [3.8, 4) is 0 Å². The number of rotatable bonds is 2. The lowest BCUT2D eigenvalue weighted by atomic mass is 10.1. The van der Waals surface area contributed by atoms with E-state index in [-0.39, 0.29) is 5.56 Å². The molecule has 1 heterocycles. The smallest absolute Gasteiger partial charge is 0.366 e.